The average Bonchev–Trinajstić information content (AvgIpc) is 2.62. The summed E-state index contributed by atoms with van der Waals surface area (Å²) in [7, 11) is 3.99. The number of rotatable bonds is 3. The van der Waals surface area contributed by atoms with Crippen LogP contribution in [0.3, 0.4) is 0 Å². The van der Waals surface area contributed by atoms with Crippen LogP contribution in [0.1, 0.15) is 5.56 Å². The molecule has 118 valence electrons. The van der Waals surface area contributed by atoms with Crippen molar-refractivity contribution in [2.45, 2.75) is 0 Å². The van der Waals surface area contributed by atoms with E-state index in [4.69, 9.17) is 5.73 Å². The van der Waals surface area contributed by atoms with E-state index >= 15 is 0 Å². The van der Waals surface area contributed by atoms with E-state index in [-0.39, 0.29) is 5.82 Å². The van der Waals surface area contributed by atoms with Crippen molar-refractivity contribution in [1.29, 1.82) is 5.26 Å². The van der Waals surface area contributed by atoms with Crippen LogP contribution < -0.4 is 10.6 Å². The first kappa shape index (κ1) is 15.6. The fourth-order valence-electron chi connectivity index (χ4n) is 2.61. The van der Waals surface area contributed by atoms with Gasteiger partial charge in [0.05, 0.1) is 5.69 Å². The van der Waals surface area contributed by atoms with Gasteiger partial charge in [0, 0.05) is 30.9 Å². The number of hydrogen-bond donors (Lipinski definition) is 1. The molecule has 0 atom stereocenters. The molecule has 0 saturated carbocycles. The van der Waals surface area contributed by atoms with E-state index in [0.29, 0.717) is 5.56 Å². The molecule has 1 aromatic heterocycles. The monoisotopic (exact) mass is 314 g/mol. The van der Waals surface area contributed by atoms with E-state index < -0.39 is 0 Å². The van der Waals surface area contributed by atoms with Gasteiger partial charge in [0.2, 0.25) is 0 Å². The molecule has 1 heterocycles. The number of nitriles is 1. The molecule has 3 aromatic rings. The summed E-state index contributed by atoms with van der Waals surface area (Å²) in [6, 6.07) is 22.0. The first-order valence-electron chi connectivity index (χ1n) is 7.64. The van der Waals surface area contributed by atoms with Gasteiger partial charge in [-0.1, -0.05) is 42.5 Å². The summed E-state index contributed by atoms with van der Waals surface area (Å²) >= 11 is 0. The van der Waals surface area contributed by atoms with Gasteiger partial charge in [-0.3, -0.25) is 0 Å². The van der Waals surface area contributed by atoms with E-state index in [1.807, 2.05) is 79.7 Å². The van der Waals surface area contributed by atoms with Gasteiger partial charge in [-0.15, -0.1) is 0 Å². The minimum Gasteiger partial charge on any atom is -0.383 e. The predicted octanol–water partition coefficient (Wildman–Crippen LogP) is 3.94. The molecule has 0 amide bonds. The lowest BCUT2D eigenvalue weighted by Crippen LogP contribution is -2.08. The van der Waals surface area contributed by atoms with Gasteiger partial charge in [-0.2, -0.15) is 5.26 Å². The first-order valence-corrected chi connectivity index (χ1v) is 7.64. The van der Waals surface area contributed by atoms with Crippen molar-refractivity contribution in [3.05, 3.63) is 66.2 Å². The second kappa shape index (κ2) is 6.43. The van der Waals surface area contributed by atoms with E-state index in [1.54, 1.807) is 0 Å². The Morgan fingerprint density at radius 2 is 1.62 bits per heavy atom. The lowest BCUT2D eigenvalue weighted by atomic mass is 9.98. The number of pyridine rings is 1. The third-order valence-electron chi connectivity index (χ3n) is 3.92. The molecule has 0 fully saturated rings. The second-order valence-electron chi connectivity index (χ2n) is 5.73. The Morgan fingerprint density at radius 3 is 2.21 bits per heavy atom. The zero-order valence-corrected chi connectivity index (χ0v) is 13.7. The Morgan fingerprint density at radius 1 is 0.958 bits per heavy atom. The summed E-state index contributed by atoms with van der Waals surface area (Å²) in [4.78, 5) is 6.43. The summed E-state index contributed by atoms with van der Waals surface area (Å²) in [5.74, 6) is 0.255. The van der Waals surface area contributed by atoms with E-state index in [0.717, 1.165) is 28.1 Å². The Balaban J connectivity index is 2.15. The smallest absolute Gasteiger partial charge is 0.142 e. The molecule has 3 rings (SSSR count). The van der Waals surface area contributed by atoms with Crippen LogP contribution in [-0.4, -0.2) is 19.1 Å². The minimum absolute atomic E-state index is 0.255. The summed E-state index contributed by atoms with van der Waals surface area (Å²) < 4.78 is 0. The van der Waals surface area contributed by atoms with Gasteiger partial charge in [0.15, 0.2) is 0 Å². The Kier molecular flexibility index (Phi) is 4.17. The summed E-state index contributed by atoms with van der Waals surface area (Å²) in [5, 5.41) is 9.49. The zero-order chi connectivity index (χ0) is 17.1. The molecule has 2 N–H and O–H groups in total. The molecular formula is C20H18N4. The molecule has 24 heavy (non-hydrogen) atoms. The third kappa shape index (κ3) is 2.92. The summed E-state index contributed by atoms with van der Waals surface area (Å²) in [6.07, 6.45) is 0. The number of nitrogen functional groups attached to an aromatic ring is 1. The molecule has 0 spiro atoms. The number of hydrogen-bond acceptors (Lipinski definition) is 4. The SMILES string of the molecule is CN(C)c1ccc(-c2cc(-c3ccccc3)nc(N)c2C#N)cc1. The molecular weight excluding hydrogens is 296 g/mol. The van der Waals surface area contributed by atoms with Gasteiger partial charge in [-0.05, 0) is 23.8 Å². The van der Waals surface area contributed by atoms with Crippen LogP contribution in [0.5, 0.6) is 0 Å². The third-order valence-corrected chi connectivity index (χ3v) is 3.92. The van der Waals surface area contributed by atoms with Crippen molar-refractivity contribution in [2.75, 3.05) is 24.7 Å². The molecule has 0 aliphatic heterocycles. The van der Waals surface area contributed by atoms with Crippen LogP contribution in [-0.2, 0) is 0 Å². The van der Waals surface area contributed by atoms with E-state index in [9.17, 15) is 5.26 Å². The van der Waals surface area contributed by atoms with Crippen LogP contribution in [0.2, 0.25) is 0 Å². The Hall–Kier alpha value is -3.32. The fourth-order valence-corrected chi connectivity index (χ4v) is 2.61. The number of nitrogens with zero attached hydrogens (tertiary/aromatic N) is 3. The number of benzene rings is 2. The molecule has 4 heteroatoms. The summed E-state index contributed by atoms with van der Waals surface area (Å²) in [6.45, 7) is 0. The number of aromatic nitrogens is 1. The molecule has 0 aliphatic rings. The number of anilines is 2. The highest BCUT2D eigenvalue weighted by atomic mass is 15.1. The van der Waals surface area contributed by atoms with Gasteiger partial charge in [0.25, 0.3) is 0 Å². The molecule has 4 nitrogen and oxygen atoms in total. The largest absolute Gasteiger partial charge is 0.383 e. The highest BCUT2D eigenvalue weighted by Gasteiger charge is 2.13. The molecule has 0 aliphatic carbocycles. The van der Waals surface area contributed by atoms with Crippen LogP contribution in [0.25, 0.3) is 22.4 Å². The molecule has 0 bridgehead atoms. The van der Waals surface area contributed by atoms with Crippen molar-refractivity contribution in [3.63, 3.8) is 0 Å². The average molecular weight is 314 g/mol. The van der Waals surface area contributed by atoms with Crippen LogP contribution in [0.15, 0.2) is 60.7 Å². The molecule has 2 aromatic carbocycles. The Labute approximate surface area is 141 Å². The van der Waals surface area contributed by atoms with Crippen LogP contribution >= 0.6 is 0 Å². The van der Waals surface area contributed by atoms with E-state index in [2.05, 4.69) is 11.1 Å². The highest BCUT2D eigenvalue weighted by molar-refractivity contribution is 5.80. The zero-order valence-electron chi connectivity index (χ0n) is 13.7. The maximum Gasteiger partial charge on any atom is 0.142 e. The van der Waals surface area contributed by atoms with Gasteiger partial charge < -0.3 is 10.6 Å². The van der Waals surface area contributed by atoms with Crippen LogP contribution in [0, 0.1) is 11.3 Å². The lowest BCUT2D eigenvalue weighted by molar-refractivity contribution is 1.13. The normalized spacial score (nSPS) is 10.2. The maximum atomic E-state index is 9.49. The molecule has 0 saturated heterocycles. The van der Waals surface area contributed by atoms with E-state index in [1.165, 1.54) is 0 Å². The standard InChI is InChI=1S/C20H18N4/c1-24(2)16-10-8-14(9-11-16)17-12-19(15-6-4-3-5-7-15)23-20(22)18(17)13-21/h3-12H,1-2H3,(H2,22,23). The Bertz CT molecular complexity index is 891. The van der Waals surface area contributed by atoms with Crippen LogP contribution in [0.4, 0.5) is 11.5 Å². The van der Waals surface area contributed by atoms with Crippen molar-refractivity contribution in [1.82, 2.24) is 4.98 Å². The highest BCUT2D eigenvalue weighted by Crippen LogP contribution is 2.31. The lowest BCUT2D eigenvalue weighted by Gasteiger charge is -2.14. The second-order valence-corrected chi connectivity index (χ2v) is 5.73. The topological polar surface area (TPSA) is 65.9 Å². The quantitative estimate of drug-likeness (QED) is 0.795. The van der Waals surface area contributed by atoms with Gasteiger partial charge >= 0.3 is 0 Å². The predicted molar refractivity (Wildman–Crippen MR) is 98.6 cm³/mol. The van der Waals surface area contributed by atoms with Crippen molar-refractivity contribution < 1.29 is 0 Å². The molecule has 0 radical (unpaired) electrons. The maximum absolute atomic E-state index is 9.49. The molecule has 0 unspecified atom stereocenters. The number of nitrogens with two attached hydrogens (primary N) is 1. The minimum atomic E-state index is 0.255. The van der Waals surface area contributed by atoms with Crippen molar-refractivity contribution >= 4 is 11.5 Å². The summed E-state index contributed by atoms with van der Waals surface area (Å²) in [5.41, 5.74) is 11.0. The van der Waals surface area contributed by atoms with Crippen molar-refractivity contribution in [2.24, 2.45) is 0 Å². The van der Waals surface area contributed by atoms with Gasteiger partial charge in [0.1, 0.15) is 17.5 Å². The van der Waals surface area contributed by atoms with Crippen molar-refractivity contribution in [3.8, 4) is 28.5 Å². The van der Waals surface area contributed by atoms with Gasteiger partial charge in [-0.25, -0.2) is 4.98 Å². The first-order chi connectivity index (χ1) is 11.6. The fraction of sp³-hybridized carbons (Fsp3) is 0.100.